The predicted molar refractivity (Wildman–Crippen MR) is 22.1 cm³/mol. The third-order valence-electron chi connectivity index (χ3n) is 0.151. The predicted octanol–water partition coefficient (Wildman–Crippen LogP) is 0.838. The van der Waals surface area contributed by atoms with Gasteiger partial charge >= 0.3 is 0 Å². The molecule has 0 aliphatic heterocycles. The first-order valence-electron chi connectivity index (χ1n) is 1.13. The number of carboxylic acids is 1. The molecule has 0 aromatic rings. The van der Waals surface area contributed by atoms with Crippen molar-refractivity contribution in [2.45, 2.75) is 0 Å². The molecule has 0 unspecified atom stereocenters. The van der Waals surface area contributed by atoms with Crippen LogP contribution in [0.3, 0.4) is 0 Å². The second kappa shape index (κ2) is 9.40. The van der Waals surface area contributed by atoms with Crippen LogP contribution in [-0.4, -0.2) is 17.6 Å². The largest absolute Gasteiger partial charge is 0.693 e. The van der Waals surface area contributed by atoms with E-state index in [-0.39, 0.29) is 26.3 Å². The average molecular weight is 282 g/mol. The summed E-state index contributed by atoms with van der Waals surface area (Å²) in [5.74, 6) is -1.08. The van der Waals surface area contributed by atoms with Crippen molar-refractivity contribution in [2.75, 3.05) is 6.54 Å². The van der Waals surface area contributed by atoms with Crippen LogP contribution in [0.25, 0.3) is 11.9 Å². The molecule has 0 saturated carbocycles. The zero-order chi connectivity index (χ0) is 4.28. The summed E-state index contributed by atoms with van der Waals surface area (Å²) in [6.45, 7) is -0.528. The van der Waals surface area contributed by atoms with Gasteiger partial charge in [0.2, 0.25) is 0 Å². The van der Waals surface area contributed by atoms with Crippen LogP contribution in [0.5, 0.6) is 0 Å². The van der Waals surface area contributed by atoms with Crippen LogP contribution in [0.4, 0.5) is 0 Å². The maximum Gasteiger partial charge on any atom is 0.282 e. The fourth-order valence-electron chi connectivity index (χ4n) is 0. The summed E-state index contributed by atoms with van der Waals surface area (Å²) in [5.41, 5.74) is 6.06. The summed E-state index contributed by atoms with van der Waals surface area (Å²) in [6, 6.07) is 0. The fraction of sp³-hybridized carbons (Fsp3) is 0.500. The first-order valence-corrected chi connectivity index (χ1v) is 1.13. The number of hydrogen-bond acceptors (Lipinski definition) is 1. The minimum absolute atomic E-state index is 0. The third-order valence-corrected chi connectivity index (χ3v) is 0.151. The van der Waals surface area contributed by atoms with E-state index in [2.05, 4.69) is 0 Å². The van der Waals surface area contributed by atoms with E-state index < -0.39 is 12.5 Å². The van der Waals surface area contributed by atoms with Crippen LogP contribution in [0.2, 0.25) is 0 Å². The van der Waals surface area contributed by atoms with Crippen molar-refractivity contribution in [3.8, 4) is 0 Å². The molecule has 0 aliphatic rings. The third kappa shape index (κ3) is 23.7. The molecule has 0 atom stereocenters. The SMILES string of the molecule is [Ir].[NH-]CC(=O)O.[NH2-]. The molecule has 4 nitrogen and oxygen atoms in total. The molecule has 0 aromatic heterocycles. The van der Waals surface area contributed by atoms with Crippen molar-refractivity contribution in [3.05, 3.63) is 11.9 Å². The fourth-order valence-corrected chi connectivity index (χ4v) is 0. The van der Waals surface area contributed by atoms with E-state index in [1.54, 1.807) is 0 Å². The molecule has 5 heteroatoms. The van der Waals surface area contributed by atoms with Crippen molar-refractivity contribution in [2.24, 2.45) is 0 Å². The van der Waals surface area contributed by atoms with E-state index in [0.29, 0.717) is 0 Å². The molecular weight excluding hydrogens is 276 g/mol. The van der Waals surface area contributed by atoms with Gasteiger partial charge in [-0.2, -0.15) is 0 Å². The summed E-state index contributed by atoms with van der Waals surface area (Å²) in [5, 5.41) is 7.53. The first kappa shape index (κ1) is 15.7. The number of hydrogen-bond donors (Lipinski definition) is 1. The topological polar surface area (TPSA) is 94.6 Å². The number of carbonyl (C=O) groups is 1. The quantitative estimate of drug-likeness (QED) is 0.771. The molecule has 0 aliphatic carbocycles. The van der Waals surface area contributed by atoms with Gasteiger partial charge in [-0.1, -0.05) is 6.54 Å². The second-order valence-corrected chi connectivity index (χ2v) is 0.571. The summed E-state index contributed by atoms with van der Waals surface area (Å²) < 4.78 is 0. The van der Waals surface area contributed by atoms with Gasteiger partial charge < -0.3 is 17.0 Å². The molecule has 0 rings (SSSR count). The van der Waals surface area contributed by atoms with E-state index in [4.69, 9.17) is 10.8 Å². The van der Waals surface area contributed by atoms with Gasteiger partial charge in [0.05, 0.1) is 0 Å². The molecule has 0 spiro atoms. The molecule has 0 heterocycles. The minimum atomic E-state index is -1.08. The molecule has 0 amide bonds. The van der Waals surface area contributed by atoms with E-state index in [1.165, 1.54) is 0 Å². The standard InChI is InChI=1S/C2H4NO2.Ir.H2N/c3-1-2(4)5;;/h3H,1H2,(H,4,5);;1H2/q-1;;-1. The molecule has 47 valence electrons. The van der Waals surface area contributed by atoms with Gasteiger partial charge in [-0.3, -0.25) is 4.79 Å². The molecule has 0 fully saturated rings. The Morgan fingerprint density at radius 1 is 1.71 bits per heavy atom. The van der Waals surface area contributed by atoms with Crippen molar-refractivity contribution < 1.29 is 30.0 Å². The Bertz CT molecular complexity index is 49.0. The Morgan fingerprint density at radius 3 is 1.86 bits per heavy atom. The molecule has 0 bridgehead atoms. The van der Waals surface area contributed by atoms with Crippen LogP contribution >= 0.6 is 0 Å². The van der Waals surface area contributed by atoms with Gasteiger partial charge in [0.1, 0.15) is 0 Å². The molecule has 4 N–H and O–H groups in total. The number of nitrogens with two attached hydrogens (primary N) is 1. The zero-order valence-electron chi connectivity index (χ0n) is 3.47. The minimum Gasteiger partial charge on any atom is -0.693 e. The van der Waals surface area contributed by atoms with Crippen molar-refractivity contribution >= 4 is 5.97 Å². The first-order chi connectivity index (χ1) is 2.27. The maximum atomic E-state index is 9.18. The summed E-state index contributed by atoms with van der Waals surface area (Å²) in [7, 11) is 0. The second-order valence-electron chi connectivity index (χ2n) is 0.571. The summed E-state index contributed by atoms with van der Waals surface area (Å²) in [6.07, 6.45) is 0. The van der Waals surface area contributed by atoms with E-state index in [9.17, 15) is 4.79 Å². The van der Waals surface area contributed by atoms with E-state index >= 15 is 0 Å². The van der Waals surface area contributed by atoms with Crippen molar-refractivity contribution in [1.29, 1.82) is 0 Å². The van der Waals surface area contributed by atoms with Gasteiger partial charge in [0.25, 0.3) is 5.97 Å². The van der Waals surface area contributed by atoms with Gasteiger partial charge in [0, 0.05) is 20.1 Å². The van der Waals surface area contributed by atoms with Crippen molar-refractivity contribution in [3.63, 3.8) is 0 Å². The van der Waals surface area contributed by atoms with Crippen LogP contribution in [0.15, 0.2) is 0 Å². The molecule has 0 saturated heterocycles. The Labute approximate surface area is 55.0 Å². The van der Waals surface area contributed by atoms with E-state index in [0.717, 1.165) is 0 Å². The molecule has 0 aromatic carbocycles. The number of nitrogens with one attached hydrogen (secondary N) is 1. The van der Waals surface area contributed by atoms with E-state index in [1.807, 2.05) is 0 Å². The number of rotatable bonds is 1. The van der Waals surface area contributed by atoms with Gasteiger partial charge in [0.15, 0.2) is 0 Å². The van der Waals surface area contributed by atoms with Crippen LogP contribution in [0.1, 0.15) is 0 Å². The number of carboxylic acid groups (broad SMARTS) is 1. The molecular formula is C2H6IrN2O2-2. The number of aliphatic carboxylic acids is 1. The van der Waals surface area contributed by atoms with Gasteiger partial charge in [-0.05, 0) is 0 Å². The van der Waals surface area contributed by atoms with Crippen molar-refractivity contribution in [1.82, 2.24) is 0 Å². The smallest absolute Gasteiger partial charge is 0.282 e. The maximum absolute atomic E-state index is 9.18. The van der Waals surface area contributed by atoms with Crippen LogP contribution in [0, 0.1) is 0 Å². The Balaban J connectivity index is -0.0000000800. The van der Waals surface area contributed by atoms with Crippen LogP contribution < -0.4 is 0 Å². The Kier molecular flexibility index (Phi) is 21.1. The van der Waals surface area contributed by atoms with Crippen LogP contribution in [-0.2, 0) is 24.9 Å². The van der Waals surface area contributed by atoms with Gasteiger partial charge in [-0.15, -0.1) is 0 Å². The van der Waals surface area contributed by atoms with Gasteiger partial charge in [-0.25, -0.2) is 0 Å². The summed E-state index contributed by atoms with van der Waals surface area (Å²) in [4.78, 5) is 9.18. The summed E-state index contributed by atoms with van der Waals surface area (Å²) >= 11 is 0. The zero-order valence-corrected chi connectivity index (χ0v) is 5.87. The molecule has 1 radical (unpaired) electrons. The molecule has 7 heavy (non-hydrogen) atoms. The monoisotopic (exact) mass is 283 g/mol. The Morgan fingerprint density at radius 2 is 1.86 bits per heavy atom. The Hall–Kier alpha value is 0.0394. The average Bonchev–Trinajstić information content (AvgIpc) is 1.38. The normalized spacial score (nSPS) is 5.29.